The van der Waals surface area contributed by atoms with Crippen LogP contribution in [0.4, 0.5) is 0 Å². The molecule has 4 aliphatic rings. The van der Waals surface area contributed by atoms with E-state index >= 15 is 0 Å². The van der Waals surface area contributed by atoms with Gasteiger partial charge in [-0.25, -0.2) is 0 Å². The van der Waals surface area contributed by atoms with Crippen molar-refractivity contribution in [3.8, 4) is 0 Å². The zero-order valence-corrected chi connectivity index (χ0v) is 20.1. The van der Waals surface area contributed by atoms with E-state index in [1.165, 1.54) is 12.8 Å². The normalized spacial score (nSPS) is 46.5. The Morgan fingerprint density at radius 1 is 1.00 bits per heavy atom. The van der Waals surface area contributed by atoms with Crippen molar-refractivity contribution < 1.29 is 24.9 Å². The molecule has 0 heterocycles. The molecule has 0 aromatic carbocycles. The van der Waals surface area contributed by atoms with Crippen LogP contribution < -0.4 is 5.32 Å². The first kappa shape index (κ1) is 24.0. The summed E-state index contributed by atoms with van der Waals surface area (Å²) in [7, 11) is 0. The number of carbonyl (C=O) groups excluding carboxylic acids is 1. The Balaban J connectivity index is 1.44. The van der Waals surface area contributed by atoms with Crippen LogP contribution in [0.25, 0.3) is 0 Å². The number of hydrogen-bond donors (Lipinski definition) is 4. The molecule has 4 rings (SSSR count). The highest BCUT2D eigenvalue weighted by molar-refractivity contribution is 5.81. The Bertz CT molecular complexity index is 727. The van der Waals surface area contributed by atoms with Crippen LogP contribution in [-0.2, 0) is 9.59 Å². The number of amides is 1. The van der Waals surface area contributed by atoms with Crippen molar-refractivity contribution in [2.75, 3.05) is 6.54 Å². The highest BCUT2D eigenvalue weighted by atomic mass is 16.4. The lowest BCUT2D eigenvalue weighted by Gasteiger charge is -2.62. The summed E-state index contributed by atoms with van der Waals surface area (Å²) >= 11 is 0. The summed E-state index contributed by atoms with van der Waals surface area (Å²) in [4.78, 5) is 22.7. The van der Waals surface area contributed by atoms with Crippen molar-refractivity contribution in [1.29, 1.82) is 0 Å². The molecule has 6 heteroatoms. The molecule has 4 aliphatic carbocycles. The third-order valence-corrected chi connectivity index (χ3v) is 10.7. The van der Waals surface area contributed by atoms with Crippen LogP contribution in [0.2, 0.25) is 0 Å². The van der Waals surface area contributed by atoms with Gasteiger partial charge in [-0.15, -0.1) is 0 Å². The van der Waals surface area contributed by atoms with Gasteiger partial charge in [0.15, 0.2) is 0 Å². The molecule has 4 fully saturated rings. The van der Waals surface area contributed by atoms with Gasteiger partial charge in [-0.2, -0.15) is 0 Å². The fraction of sp³-hybridized carbons (Fsp3) is 0.923. The average molecular weight is 450 g/mol. The molecular weight excluding hydrogens is 406 g/mol. The van der Waals surface area contributed by atoms with Gasteiger partial charge in [0, 0.05) is 6.42 Å². The van der Waals surface area contributed by atoms with Crippen molar-refractivity contribution in [3.05, 3.63) is 0 Å². The van der Waals surface area contributed by atoms with E-state index in [1.54, 1.807) is 0 Å². The van der Waals surface area contributed by atoms with Gasteiger partial charge in [0.05, 0.1) is 12.2 Å². The van der Waals surface area contributed by atoms with Crippen LogP contribution in [0, 0.1) is 46.3 Å². The van der Waals surface area contributed by atoms with E-state index in [0.717, 1.165) is 44.9 Å². The van der Waals surface area contributed by atoms with Crippen LogP contribution in [0.5, 0.6) is 0 Å². The monoisotopic (exact) mass is 449 g/mol. The van der Waals surface area contributed by atoms with Crippen molar-refractivity contribution in [2.45, 2.75) is 97.2 Å². The molecule has 10 atom stereocenters. The lowest BCUT2D eigenvalue weighted by molar-refractivity contribution is -0.174. The van der Waals surface area contributed by atoms with Gasteiger partial charge >= 0.3 is 5.97 Å². The fourth-order valence-electron chi connectivity index (χ4n) is 9.00. The molecule has 0 radical (unpaired) electrons. The summed E-state index contributed by atoms with van der Waals surface area (Å²) in [5, 5.41) is 32.8. The SMILES string of the molecule is CC(CCC(=O)NCC(=O)O)[C@H]1CC[C@H]2[C@@H]3[C@@H](O)C[C@@H]4C[C@H](O)CCC4(C)[C@H]3CCC12C. The number of carboxylic acid groups (broad SMARTS) is 1. The van der Waals surface area contributed by atoms with Gasteiger partial charge < -0.3 is 20.6 Å². The molecule has 4 saturated carbocycles. The maximum atomic E-state index is 12.0. The van der Waals surface area contributed by atoms with Gasteiger partial charge in [-0.1, -0.05) is 20.8 Å². The largest absolute Gasteiger partial charge is 0.480 e. The number of hydrogen-bond acceptors (Lipinski definition) is 4. The van der Waals surface area contributed by atoms with Crippen LogP contribution in [-0.4, -0.2) is 45.9 Å². The zero-order valence-electron chi connectivity index (χ0n) is 20.1. The molecule has 1 amide bonds. The van der Waals surface area contributed by atoms with Crippen LogP contribution >= 0.6 is 0 Å². The predicted octanol–water partition coefficient (Wildman–Crippen LogP) is 3.59. The number of aliphatic carboxylic acids is 1. The van der Waals surface area contributed by atoms with Crippen molar-refractivity contribution >= 4 is 11.9 Å². The second-order valence-corrected chi connectivity index (χ2v) is 12.1. The molecule has 0 saturated heterocycles. The molecule has 0 aromatic rings. The summed E-state index contributed by atoms with van der Waals surface area (Å²) in [5.74, 6) is 1.66. The third-order valence-electron chi connectivity index (χ3n) is 10.7. The quantitative estimate of drug-likeness (QED) is 0.496. The van der Waals surface area contributed by atoms with E-state index in [9.17, 15) is 19.8 Å². The van der Waals surface area contributed by atoms with Crippen LogP contribution in [0.1, 0.15) is 85.0 Å². The molecule has 0 bridgehead atoms. The molecule has 0 aliphatic heterocycles. The summed E-state index contributed by atoms with van der Waals surface area (Å²) in [6.45, 7) is 6.83. The molecule has 0 spiro atoms. The second kappa shape index (κ2) is 8.90. The standard InChI is InChI=1S/C26H43NO5/c1-15(4-7-22(30)27-14-23(31)32)18-5-6-19-24-20(9-11-26(18,19)3)25(2)10-8-17(28)12-16(25)13-21(24)29/h15-21,24,28-29H,4-14H2,1-3H3,(H,27,30)(H,31,32)/t15?,16-,17+,18+,19-,20-,21-,24-,25?,26?/m0/s1. The zero-order chi connectivity index (χ0) is 23.3. The Labute approximate surface area is 192 Å². The molecule has 4 N–H and O–H groups in total. The fourth-order valence-corrected chi connectivity index (χ4v) is 9.00. The molecule has 0 aromatic heterocycles. The number of nitrogens with one attached hydrogen (secondary N) is 1. The maximum absolute atomic E-state index is 12.0. The third kappa shape index (κ3) is 4.11. The van der Waals surface area contributed by atoms with E-state index in [4.69, 9.17) is 5.11 Å². The molecular formula is C26H43NO5. The van der Waals surface area contributed by atoms with E-state index in [2.05, 4.69) is 26.1 Å². The predicted molar refractivity (Wildman–Crippen MR) is 122 cm³/mol. The number of carbonyl (C=O) groups is 2. The van der Waals surface area contributed by atoms with E-state index in [-0.39, 0.29) is 35.5 Å². The lowest BCUT2D eigenvalue weighted by atomic mass is 9.43. The number of fused-ring (bicyclic) bond motifs is 5. The maximum Gasteiger partial charge on any atom is 0.322 e. The lowest BCUT2D eigenvalue weighted by Crippen LogP contribution is -2.58. The highest BCUT2D eigenvalue weighted by Gasteiger charge is 2.62. The number of aliphatic hydroxyl groups is 2. The van der Waals surface area contributed by atoms with Crippen molar-refractivity contribution in [1.82, 2.24) is 5.32 Å². The second-order valence-electron chi connectivity index (χ2n) is 12.1. The van der Waals surface area contributed by atoms with Gasteiger partial charge in [-0.05, 0) is 104 Å². The topological polar surface area (TPSA) is 107 Å². The molecule has 32 heavy (non-hydrogen) atoms. The van der Waals surface area contributed by atoms with Gasteiger partial charge in [-0.3, -0.25) is 9.59 Å². The summed E-state index contributed by atoms with van der Waals surface area (Å²) < 4.78 is 0. The summed E-state index contributed by atoms with van der Waals surface area (Å²) in [6, 6.07) is 0. The minimum Gasteiger partial charge on any atom is -0.480 e. The Kier molecular flexibility index (Phi) is 6.68. The Morgan fingerprint density at radius 3 is 2.41 bits per heavy atom. The number of aliphatic hydroxyl groups excluding tert-OH is 2. The summed E-state index contributed by atoms with van der Waals surface area (Å²) in [6.07, 6.45) is 9.06. The van der Waals surface area contributed by atoms with Gasteiger partial charge in [0.1, 0.15) is 6.54 Å². The minimum absolute atomic E-state index is 0.177. The van der Waals surface area contributed by atoms with Crippen LogP contribution in [0.3, 0.4) is 0 Å². The van der Waals surface area contributed by atoms with E-state index < -0.39 is 5.97 Å². The van der Waals surface area contributed by atoms with E-state index in [0.29, 0.717) is 41.9 Å². The highest BCUT2D eigenvalue weighted by Crippen LogP contribution is 2.68. The number of carboxylic acids is 1. The first-order chi connectivity index (χ1) is 15.1. The van der Waals surface area contributed by atoms with Gasteiger partial charge in [0.25, 0.3) is 0 Å². The van der Waals surface area contributed by atoms with Gasteiger partial charge in [0.2, 0.25) is 5.91 Å². The molecule has 182 valence electrons. The summed E-state index contributed by atoms with van der Waals surface area (Å²) in [5.41, 5.74) is 0.451. The molecule has 3 unspecified atom stereocenters. The Hall–Kier alpha value is -1.14. The molecule has 6 nitrogen and oxygen atoms in total. The van der Waals surface area contributed by atoms with Crippen LogP contribution in [0.15, 0.2) is 0 Å². The number of rotatable bonds is 6. The van der Waals surface area contributed by atoms with E-state index in [1.807, 2.05) is 0 Å². The van der Waals surface area contributed by atoms with Crippen molar-refractivity contribution in [3.63, 3.8) is 0 Å². The van der Waals surface area contributed by atoms with Crippen molar-refractivity contribution in [2.24, 2.45) is 46.3 Å². The Morgan fingerprint density at radius 2 is 1.69 bits per heavy atom. The smallest absolute Gasteiger partial charge is 0.322 e. The average Bonchev–Trinajstić information content (AvgIpc) is 3.09. The first-order valence-corrected chi connectivity index (χ1v) is 12.9. The first-order valence-electron chi connectivity index (χ1n) is 12.9. The minimum atomic E-state index is -1.01.